The average Bonchev–Trinajstić information content (AvgIpc) is 3.29. The minimum atomic E-state index is 0.534. The van der Waals surface area contributed by atoms with E-state index in [1.54, 1.807) is 0 Å². The Balaban J connectivity index is 1.61. The molecule has 0 atom stereocenters. The highest BCUT2D eigenvalue weighted by Crippen LogP contribution is 2.39. The summed E-state index contributed by atoms with van der Waals surface area (Å²) in [5.74, 6) is 2.36. The molecule has 0 unspecified atom stereocenters. The topological polar surface area (TPSA) is 41.0 Å². The highest BCUT2D eigenvalue weighted by atomic mass is 35.5. The first-order valence-electron chi connectivity index (χ1n) is 7.71. The van der Waals surface area contributed by atoms with Crippen LogP contribution in [0.1, 0.15) is 49.9 Å². The van der Waals surface area contributed by atoms with Gasteiger partial charge in [-0.1, -0.05) is 18.5 Å². The Morgan fingerprint density at radius 1 is 1.25 bits per heavy atom. The Kier molecular flexibility index (Phi) is 4.13. The fourth-order valence-electron chi connectivity index (χ4n) is 2.56. The van der Waals surface area contributed by atoms with E-state index in [0.717, 1.165) is 42.9 Å². The van der Waals surface area contributed by atoms with E-state index < -0.39 is 0 Å². The Hall–Kier alpha value is -0.870. The van der Waals surface area contributed by atoms with E-state index in [2.05, 4.69) is 27.1 Å². The summed E-state index contributed by atoms with van der Waals surface area (Å²) in [5.41, 5.74) is 0.963. The van der Waals surface area contributed by atoms with Crippen LogP contribution in [0.25, 0.3) is 0 Å². The normalized spacial score (nSPS) is 18.6. The van der Waals surface area contributed by atoms with Gasteiger partial charge in [0, 0.05) is 30.6 Å². The monoisotopic (exact) mass is 294 g/mol. The molecule has 1 heterocycles. The minimum absolute atomic E-state index is 0.534. The average molecular weight is 295 g/mol. The molecule has 0 amide bonds. The Labute approximate surface area is 125 Å². The van der Waals surface area contributed by atoms with Gasteiger partial charge in [-0.3, -0.25) is 4.90 Å². The first-order chi connectivity index (χ1) is 9.69. The lowest BCUT2D eigenvalue weighted by Gasteiger charge is -2.20. The molecule has 1 aromatic heterocycles. The molecule has 2 aliphatic rings. The number of hydrogen-bond acceptors (Lipinski definition) is 4. The van der Waals surface area contributed by atoms with Gasteiger partial charge in [0.1, 0.15) is 16.8 Å². The van der Waals surface area contributed by atoms with Gasteiger partial charge in [0.25, 0.3) is 0 Å². The highest BCUT2D eigenvalue weighted by Gasteiger charge is 2.29. The SMILES string of the molecule is CCN(CCNc1nc(C2CC2)nc(Cl)c1C)C1CC1. The van der Waals surface area contributed by atoms with Crippen molar-refractivity contribution in [3.63, 3.8) is 0 Å². The number of rotatable bonds is 7. The summed E-state index contributed by atoms with van der Waals surface area (Å²) in [6.45, 7) is 7.34. The van der Waals surface area contributed by atoms with E-state index in [1.807, 2.05) is 6.92 Å². The molecule has 1 aromatic rings. The third-order valence-corrected chi connectivity index (χ3v) is 4.58. The summed E-state index contributed by atoms with van der Waals surface area (Å²) in [6, 6.07) is 0.818. The molecule has 2 fully saturated rings. The van der Waals surface area contributed by atoms with Crippen LogP contribution in [0.2, 0.25) is 5.15 Å². The van der Waals surface area contributed by atoms with Gasteiger partial charge in [0.15, 0.2) is 0 Å². The van der Waals surface area contributed by atoms with Gasteiger partial charge in [0.2, 0.25) is 0 Å². The number of likely N-dealkylation sites (N-methyl/N-ethyl adjacent to an activating group) is 1. The predicted molar refractivity (Wildman–Crippen MR) is 82.5 cm³/mol. The fraction of sp³-hybridized carbons (Fsp3) is 0.733. The van der Waals surface area contributed by atoms with Gasteiger partial charge in [-0.2, -0.15) is 0 Å². The second-order valence-corrected chi connectivity index (χ2v) is 6.27. The molecule has 110 valence electrons. The molecule has 5 heteroatoms. The molecule has 2 saturated carbocycles. The largest absolute Gasteiger partial charge is 0.368 e. The van der Waals surface area contributed by atoms with Crippen LogP contribution in [0.5, 0.6) is 0 Å². The molecule has 2 aliphatic carbocycles. The lowest BCUT2D eigenvalue weighted by atomic mass is 10.3. The Bertz CT molecular complexity index is 483. The molecule has 0 radical (unpaired) electrons. The molecular weight excluding hydrogens is 272 g/mol. The quantitative estimate of drug-likeness (QED) is 0.784. The molecule has 0 aliphatic heterocycles. The zero-order chi connectivity index (χ0) is 14.1. The van der Waals surface area contributed by atoms with E-state index in [0.29, 0.717) is 11.1 Å². The van der Waals surface area contributed by atoms with E-state index in [1.165, 1.54) is 25.7 Å². The second kappa shape index (κ2) is 5.86. The maximum Gasteiger partial charge on any atom is 0.137 e. The maximum absolute atomic E-state index is 6.22. The molecule has 0 saturated heterocycles. The van der Waals surface area contributed by atoms with E-state index in [-0.39, 0.29) is 0 Å². The van der Waals surface area contributed by atoms with Crippen molar-refractivity contribution in [2.75, 3.05) is 25.0 Å². The molecular formula is C15H23ClN4. The van der Waals surface area contributed by atoms with Gasteiger partial charge in [-0.15, -0.1) is 0 Å². The van der Waals surface area contributed by atoms with Gasteiger partial charge >= 0.3 is 0 Å². The number of hydrogen-bond donors (Lipinski definition) is 1. The predicted octanol–water partition coefficient (Wildman–Crippen LogP) is 3.21. The summed E-state index contributed by atoms with van der Waals surface area (Å²) >= 11 is 6.22. The number of anilines is 1. The van der Waals surface area contributed by atoms with Gasteiger partial charge in [0.05, 0.1) is 0 Å². The van der Waals surface area contributed by atoms with Crippen LogP contribution >= 0.6 is 11.6 Å². The molecule has 20 heavy (non-hydrogen) atoms. The third-order valence-electron chi connectivity index (χ3n) is 4.21. The summed E-state index contributed by atoms with van der Waals surface area (Å²) in [5, 5.41) is 4.04. The molecule has 3 rings (SSSR count). The molecule has 1 N–H and O–H groups in total. The first-order valence-corrected chi connectivity index (χ1v) is 8.08. The second-order valence-electron chi connectivity index (χ2n) is 5.91. The molecule has 0 bridgehead atoms. The molecule has 0 spiro atoms. The summed E-state index contributed by atoms with van der Waals surface area (Å²) < 4.78 is 0. The van der Waals surface area contributed by atoms with Crippen molar-refractivity contribution in [2.45, 2.75) is 51.5 Å². The zero-order valence-electron chi connectivity index (χ0n) is 12.3. The number of nitrogens with zero attached hydrogens (tertiary/aromatic N) is 3. The van der Waals surface area contributed by atoms with Crippen LogP contribution in [0.15, 0.2) is 0 Å². The van der Waals surface area contributed by atoms with Crippen molar-refractivity contribution < 1.29 is 0 Å². The zero-order valence-corrected chi connectivity index (χ0v) is 13.1. The number of aromatic nitrogens is 2. The van der Waals surface area contributed by atoms with Crippen molar-refractivity contribution in [3.05, 3.63) is 16.5 Å². The minimum Gasteiger partial charge on any atom is -0.368 e. The van der Waals surface area contributed by atoms with Gasteiger partial charge in [-0.05, 0) is 39.2 Å². The van der Waals surface area contributed by atoms with E-state index in [9.17, 15) is 0 Å². The lowest BCUT2D eigenvalue weighted by molar-refractivity contribution is 0.289. The standard InChI is InChI=1S/C15H23ClN4/c1-3-20(12-6-7-12)9-8-17-14-10(2)13(16)18-15(19-14)11-4-5-11/h11-12H,3-9H2,1-2H3,(H,17,18,19). The van der Waals surface area contributed by atoms with Crippen LogP contribution in [-0.4, -0.2) is 40.5 Å². The van der Waals surface area contributed by atoms with Crippen molar-refractivity contribution in [2.24, 2.45) is 0 Å². The van der Waals surface area contributed by atoms with Crippen LogP contribution in [-0.2, 0) is 0 Å². The van der Waals surface area contributed by atoms with Crippen molar-refractivity contribution in [3.8, 4) is 0 Å². The molecule has 4 nitrogen and oxygen atoms in total. The first kappa shape index (κ1) is 14.1. The Morgan fingerprint density at radius 2 is 2.00 bits per heavy atom. The van der Waals surface area contributed by atoms with Crippen molar-refractivity contribution >= 4 is 17.4 Å². The number of halogens is 1. The maximum atomic E-state index is 6.22. The third kappa shape index (κ3) is 3.23. The summed E-state index contributed by atoms with van der Waals surface area (Å²) in [4.78, 5) is 11.6. The van der Waals surface area contributed by atoms with Crippen molar-refractivity contribution in [1.82, 2.24) is 14.9 Å². The number of nitrogens with one attached hydrogen (secondary N) is 1. The molecule has 0 aromatic carbocycles. The smallest absolute Gasteiger partial charge is 0.137 e. The van der Waals surface area contributed by atoms with E-state index >= 15 is 0 Å². The van der Waals surface area contributed by atoms with Crippen LogP contribution in [0, 0.1) is 6.92 Å². The fourth-order valence-corrected chi connectivity index (χ4v) is 2.73. The van der Waals surface area contributed by atoms with Gasteiger partial charge in [-0.25, -0.2) is 9.97 Å². The highest BCUT2D eigenvalue weighted by molar-refractivity contribution is 6.30. The van der Waals surface area contributed by atoms with E-state index in [4.69, 9.17) is 11.6 Å². The lowest BCUT2D eigenvalue weighted by Crippen LogP contribution is -2.31. The van der Waals surface area contributed by atoms with Crippen LogP contribution < -0.4 is 5.32 Å². The van der Waals surface area contributed by atoms with Crippen molar-refractivity contribution in [1.29, 1.82) is 0 Å². The Morgan fingerprint density at radius 3 is 2.60 bits per heavy atom. The van der Waals surface area contributed by atoms with Gasteiger partial charge < -0.3 is 5.32 Å². The summed E-state index contributed by atoms with van der Waals surface area (Å²) in [6.07, 6.45) is 5.12. The van der Waals surface area contributed by atoms with Crippen LogP contribution in [0.4, 0.5) is 5.82 Å². The van der Waals surface area contributed by atoms with Crippen LogP contribution in [0.3, 0.4) is 0 Å². The summed E-state index contributed by atoms with van der Waals surface area (Å²) in [7, 11) is 0.